The molecule has 4 rings (SSSR count). The minimum absolute atomic E-state index is 0.0136. The summed E-state index contributed by atoms with van der Waals surface area (Å²) in [6.07, 6.45) is 2.03. The van der Waals surface area contributed by atoms with Crippen molar-refractivity contribution in [2.24, 2.45) is 23.2 Å². The van der Waals surface area contributed by atoms with Gasteiger partial charge >= 0.3 is 11.9 Å². The third-order valence-electron chi connectivity index (χ3n) is 7.89. The number of benzene rings is 1. The lowest BCUT2D eigenvalue weighted by molar-refractivity contribution is -0.383. The number of fused-ring (bicyclic) bond motifs is 1. The molecule has 0 bridgehead atoms. The minimum atomic E-state index is -1.54. The van der Waals surface area contributed by atoms with Gasteiger partial charge in [-0.05, 0) is 64.9 Å². The Balaban J connectivity index is 1.81. The predicted octanol–water partition coefficient (Wildman–Crippen LogP) is 5.08. The first-order chi connectivity index (χ1) is 16.5. The molecule has 0 N–H and O–H groups in total. The van der Waals surface area contributed by atoms with Crippen LogP contribution in [0.3, 0.4) is 0 Å². The number of rotatable bonds is 6. The maximum absolute atomic E-state index is 13.4. The van der Waals surface area contributed by atoms with Gasteiger partial charge in [-0.3, -0.25) is 9.59 Å². The molecular formula is C28H40O6. The zero-order valence-corrected chi connectivity index (χ0v) is 21.2. The van der Waals surface area contributed by atoms with Crippen molar-refractivity contribution in [1.29, 1.82) is 0 Å². The monoisotopic (exact) mass is 473 g/mol. The molecule has 0 unspecified atom stereocenters. The van der Waals surface area contributed by atoms with Crippen molar-refractivity contribution in [3.8, 4) is 0 Å². The third kappa shape index (κ3) is 4.51. The van der Waals surface area contributed by atoms with Crippen molar-refractivity contribution in [1.82, 2.24) is 0 Å². The number of ether oxygens (including phenoxy) is 4. The second-order valence-corrected chi connectivity index (χ2v) is 10.8. The van der Waals surface area contributed by atoms with Crippen LogP contribution in [0.2, 0.25) is 0 Å². The van der Waals surface area contributed by atoms with Crippen molar-refractivity contribution in [2.45, 2.75) is 90.6 Å². The molecule has 0 radical (unpaired) electrons. The van der Waals surface area contributed by atoms with Crippen LogP contribution in [0, 0.1) is 23.2 Å². The highest BCUT2D eigenvalue weighted by molar-refractivity contribution is 6.00. The molecule has 6 heteroatoms. The van der Waals surface area contributed by atoms with Crippen LogP contribution in [-0.2, 0) is 35.0 Å². The molecule has 5 atom stereocenters. The van der Waals surface area contributed by atoms with Crippen molar-refractivity contribution in [2.75, 3.05) is 13.2 Å². The van der Waals surface area contributed by atoms with Crippen LogP contribution in [0.25, 0.3) is 0 Å². The molecule has 3 fully saturated rings. The van der Waals surface area contributed by atoms with Crippen LogP contribution in [0.5, 0.6) is 0 Å². The summed E-state index contributed by atoms with van der Waals surface area (Å²) in [5.41, 5.74) is -1.14. The summed E-state index contributed by atoms with van der Waals surface area (Å²) in [7, 11) is 0. The fourth-order valence-electron chi connectivity index (χ4n) is 6.32. The average Bonchev–Trinajstić information content (AvgIpc) is 3.07. The Bertz CT molecular complexity index is 915. The summed E-state index contributed by atoms with van der Waals surface area (Å²) in [6, 6.07) is 9.95. The van der Waals surface area contributed by atoms with E-state index in [1.54, 1.807) is 13.8 Å². The van der Waals surface area contributed by atoms with Gasteiger partial charge in [0, 0.05) is 18.3 Å². The van der Waals surface area contributed by atoms with E-state index in [1.165, 1.54) is 0 Å². The Morgan fingerprint density at radius 2 is 1.74 bits per heavy atom. The van der Waals surface area contributed by atoms with E-state index in [2.05, 4.69) is 6.92 Å². The summed E-state index contributed by atoms with van der Waals surface area (Å²) in [5.74, 6) is -2.57. The Hall–Kier alpha value is -1.92. The standard InChI is InChI=1S/C28H40O6/c1-6-31-24(29)27(25(30)32-7-2)17-21(16-20-11-9-8-10-12-20)28(18-27)33-23-15-19(3)13-14-22(23)26(4,5)34-28/h8-12,19,21-23H,6-7,13-18H2,1-5H3/t19-,21+,22-,23-,28+/m1/s1/i23D. The first kappa shape index (κ1) is 23.8. The predicted molar refractivity (Wildman–Crippen MR) is 128 cm³/mol. The zero-order valence-electron chi connectivity index (χ0n) is 22.2. The lowest BCUT2D eigenvalue weighted by atomic mass is 9.71. The van der Waals surface area contributed by atoms with Crippen molar-refractivity contribution < 1.29 is 29.9 Å². The highest BCUT2D eigenvalue weighted by Gasteiger charge is 2.68. The SMILES string of the molecule is [2H][C@@]12C[C@H](C)CC[C@H]1C(C)(C)O[C@]1(CC(C(=O)OCC)(C(=O)OCC)C[C@@H]1Cc1ccccc1)O2. The molecule has 6 nitrogen and oxygen atoms in total. The molecule has 1 heterocycles. The van der Waals surface area contributed by atoms with E-state index in [0.717, 1.165) is 18.4 Å². The molecule has 1 aromatic rings. The van der Waals surface area contributed by atoms with Gasteiger partial charge in [-0.2, -0.15) is 0 Å². The van der Waals surface area contributed by atoms with Crippen LogP contribution in [-0.4, -0.2) is 42.6 Å². The first-order valence-electron chi connectivity index (χ1n) is 13.3. The third-order valence-corrected chi connectivity index (χ3v) is 7.89. The molecule has 34 heavy (non-hydrogen) atoms. The Kier molecular flexibility index (Phi) is 6.73. The van der Waals surface area contributed by atoms with Gasteiger partial charge in [0.05, 0.1) is 26.3 Å². The van der Waals surface area contributed by atoms with Crippen molar-refractivity contribution in [3.05, 3.63) is 35.9 Å². The van der Waals surface area contributed by atoms with Gasteiger partial charge in [0.25, 0.3) is 0 Å². The highest BCUT2D eigenvalue weighted by Crippen LogP contribution is 2.59. The van der Waals surface area contributed by atoms with E-state index in [-0.39, 0.29) is 37.9 Å². The quantitative estimate of drug-likeness (QED) is 0.424. The second kappa shape index (κ2) is 9.62. The van der Waals surface area contributed by atoms with Gasteiger partial charge in [-0.25, -0.2) is 0 Å². The topological polar surface area (TPSA) is 71.1 Å². The van der Waals surface area contributed by atoms with Crippen molar-refractivity contribution >= 4 is 11.9 Å². The number of carbonyl (C=O) groups excluding carboxylic acids is 2. The molecule has 1 aliphatic heterocycles. The summed E-state index contributed by atoms with van der Waals surface area (Å²) in [6.45, 7) is 9.98. The second-order valence-electron chi connectivity index (χ2n) is 10.8. The fraction of sp³-hybridized carbons (Fsp3) is 0.714. The maximum Gasteiger partial charge on any atom is 0.323 e. The van der Waals surface area contributed by atoms with E-state index in [1.807, 2.05) is 44.2 Å². The first-order valence-corrected chi connectivity index (χ1v) is 12.8. The lowest BCUT2D eigenvalue weighted by Gasteiger charge is -2.56. The van der Waals surface area contributed by atoms with Gasteiger partial charge in [0.1, 0.15) is 0 Å². The molecule has 1 spiro atoms. The Morgan fingerprint density at radius 3 is 2.35 bits per heavy atom. The van der Waals surface area contributed by atoms with E-state index < -0.39 is 34.8 Å². The fourth-order valence-corrected chi connectivity index (χ4v) is 6.32. The highest BCUT2D eigenvalue weighted by atomic mass is 16.7. The average molecular weight is 474 g/mol. The Labute approximate surface area is 205 Å². The maximum atomic E-state index is 13.4. The van der Waals surface area contributed by atoms with E-state index in [0.29, 0.717) is 18.8 Å². The molecule has 3 aliphatic rings. The van der Waals surface area contributed by atoms with Crippen LogP contribution in [0.1, 0.15) is 73.7 Å². The molecule has 188 valence electrons. The minimum Gasteiger partial charge on any atom is -0.465 e. The van der Waals surface area contributed by atoms with E-state index in [9.17, 15) is 11.0 Å². The van der Waals surface area contributed by atoms with Gasteiger partial charge in [-0.1, -0.05) is 43.7 Å². The Morgan fingerprint density at radius 1 is 1.09 bits per heavy atom. The van der Waals surface area contributed by atoms with Gasteiger partial charge < -0.3 is 18.9 Å². The number of esters is 2. The van der Waals surface area contributed by atoms with Crippen LogP contribution in [0.15, 0.2) is 30.3 Å². The summed E-state index contributed by atoms with van der Waals surface area (Å²) >= 11 is 0. The summed E-state index contributed by atoms with van der Waals surface area (Å²) in [4.78, 5) is 26.8. The number of carbonyl (C=O) groups is 2. The zero-order chi connectivity index (χ0) is 25.5. The molecule has 2 saturated carbocycles. The molecule has 2 aliphatic carbocycles. The molecule has 0 aromatic heterocycles. The molecule has 0 amide bonds. The smallest absolute Gasteiger partial charge is 0.323 e. The van der Waals surface area contributed by atoms with Crippen LogP contribution < -0.4 is 0 Å². The van der Waals surface area contributed by atoms with E-state index >= 15 is 0 Å². The van der Waals surface area contributed by atoms with Crippen LogP contribution >= 0.6 is 0 Å². The number of hydrogen-bond donors (Lipinski definition) is 0. The van der Waals surface area contributed by atoms with Crippen molar-refractivity contribution in [3.63, 3.8) is 0 Å². The molecule has 1 saturated heterocycles. The van der Waals surface area contributed by atoms with Crippen LogP contribution in [0.4, 0.5) is 0 Å². The van der Waals surface area contributed by atoms with Gasteiger partial charge in [0.2, 0.25) is 0 Å². The summed E-state index contributed by atoms with van der Waals surface area (Å²) in [5, 5.41) is 0. The van der Waals surface area contributed by atoms with Gasteiger partial charge in [-0.15, -0.1) is 0 Å². The lowest BCUT2D eigenvalue weighted by Crippen LogP contribution is -2.61. The van der Waals surface area contributed by atoms with E-state index in [4.69, 9.17) is 18.9 Å². The molecular weight excluding hydrogens is 432 g/mol. The normalized spacial score (nSPS) is 36.4. The molecule has 1 aromatic carbocycles. The summed E-state index contributed by atoms with van der Waals surface area (Å²) < 4.78 is 33.9. The largest absolute Gasteiger partial charge is 0.465 e. The van der Waals surface area contributed by atoms with Gasteiger partial charge in [0.15, 0.2) is 11.2 Å². The number of hydrogen-bond acceptors (Lipinski definition) is 6.